The van der Waals surface area contributed by atoms with Crippen LogP contribution in [0.5, 0.6) is 0 Å². The van der Waals surface area contributed by atoms with Crippen molar-refractivity contribution in [2.45, 2.75) is 24.3 Å². The van der Waals surface area contributed by atoms with Crippen LogP contribution in [-0.4, -0.2) is 18.6 Å². The predicted molar refractivity (Wildman–Crippen MR) is 42.0 cm³/mol. The summed E-state index contributed by atoms with van der Waals surface area (Å²) in [5, 5.41) is 11.3. The summed E-state index contributed by atoms with van der Waals surface area (Å²) in [7, 11) is -3.63. The Kier molecular flexibility index (Phi) is 1.49. The lowest BCUT2D eigenvalue weighted by atomic mass is 10.3. The van der Waals surface area contributed by atoms with Gasteiger partial charge in [0, 0.05) is 11.3 Å². The SMILES string of the molecule is NS(=O)(=O)c1n[nH]c2c1CCC2. The van der Waals surface area contributed by atoms with E-state index in [0.717, 1.165) is 30.5 Å². The van der Waals surface area contributed by atoms with Crippen LogP contribution in [0, 0.1) is 0 Å². The van der Waals surface area contributed by atoms with Gasteiger partial charge in [-0.25, -0.2) is 13.6 Å². The second-order valence-corrected chi connectivity index (χ2v) is 4.36. The van der Waals surface area contributed by atoms with E-state index in [0.29, 0.717) is 0 Å². The van der Waals surface area contributed by atoms with E-state index in [2.05, 4.69) is 10.2 Å². The summed E-state index contributed by atoms with van der Waals surface area (Å²) in [6.07, 6.45) is 2.61. The van der Waals surface area contributed by atoms with Crippen molar-refractivity contribution in [3.8, 4) is 0 Å². The number of nitrogens with zero attached hydrogens (tertiary/aromatic N) is 1. The third-order valence-electron chi connectivity index (χ3n) is 2.04. The Bertz CT molecular complexity index is 406. The Morgan fingerprint density at radius 2 is 2.17 bits per heavy atom. The Labute approximate surface area is 70.0 Å². The number of sulfonamides is 1. The number of primary sulfonamides is 1. The molecular formula is C6H9N3O2S. The van der Waals surface area contributed by atoms with Gasteiger partial charge < -0.3 is 0 Å². The molecule has 0 saturated heterocycles. The molecule has 0 fully saturated rings. The first-order valence-corrected chi connectivity index (χ1v) is 5.22. The Morgan fingerprint density at radius 1 is 1.42 bits per heavy atom. The number of nitrogens with two attached hydrogens (primary N) is 1. The van der Waals surface area contributed by atoms with E-state index in [1.165, 1.54) is 0 Å². The van der Waals surface area contributed by atoms with E-state index in [4.69, 9.17) is 5.14 Å². The van der Waals surface area contributed by atoms with Gasteiger partial charge in [-0.1, -0.05) is 0 Å². The standard InChI is InChI=1S/C6H9N3O2S/c7-12(10,11)6-4-2-1-3-5(4)8-9-6/h1-3H2,(H,8,9)(H2,7,10,11). The first kappa shape index (κ1) is 7.75. The highest BCUT2D eigenvalue weighted by atomic mass is 32.2. The van der Waals surface area contributed by atoms with E-state index >= 15 is 0 Å². The zero-order valence-corrected chi connectivity index (χ0v) is 7.19. The number of H-pyrrole nitrogens is 1. The normalized spacial score (nSPS) is 16.4. The fourth-order valence-electron chi connectivity index (χ4n) is 1.52. The minimum Gasteiger partial charge on any atom is -0.281 e. The van der Waals surface area contributed by atoms with Crippen LogP contribution in [0.15, 0.2) is 5.03 Å². The lowest BCUT2D eigenvalue weighted by Crippen LogP contribution is -2.14. The second-order valence-electron chi connectivity index (χ2n) is 2.88. The average Bonchev–Trinajstić information content (AvgIpc) is 2.37. The molecule has 12 heavy (non-hydrogen) atoms. The van der Waals surface area contributed by atoms with Gasteiger partial charge >= 0.3 is 0 Å². The highest BCUT2D eigenvalue weighted by Crippen LogP contribution is 2.24. The van der Waals surface area contributed by atoms with Crippen LogP contribution in [0.25, 0.3) is 0 Å². The first-order valence-electron chi connectivity index (χ1n) is 3.68. The molecule has 3 N–H and O–H groups in total. The molecular weight excluding hydrogens is 178 g/mol. The van der Waals surface area contributed by atoms with Crippen molar-refractivity contribution in [1.29, 1.82) is 0 Å². The van der Waals surface area contributed by atoms with Crippen LogP contribution in [-0.2, 0) is 22.9 Å². The van der Waals surface area contributed by atoms with E-state index in [1.54, 1.807) is 0 Å². The van der Waals surface area contributed by atoms with Crippen molar-refractivity contribution in [3.63, 3.8) is 0 Å². The molecule has 1 aromatic rings. The molecule has 0 aliphatic heterocycles. The van der Waals surface area contributed by atoms with Crippen molar-refractivity contribution < 1.29 is 8.42 Å². The van der Waals surface area contributed by atoms with Crippen LogP contribution in [0.1, 0.15) is 17.7 Å². The van der Waals surface area contributed by atoms with E-state index in [-0.39, 0.29) is 5.03 Å². The minimum atomic E-state index is -3.63. The monoisotopic (exact) mass is 187 g/mol. The topological polar surface area (TPSA) is 88.8 Å². The van der Waals surface area contributed by atoms with Gasteiger partial charge in [0.15, 0.2) is 5.03 Å². The highest BCUT2D eigenvalue weighted by molar-refractivity contribution is 7.89. The molecule has 1 aromatic heterocycles. The summed E-state index contributed by atoms with van der Waals surface area (Å²) in [4.78, 5) is 0. The van der Waals surface area contributed by atoms with Crippen LogP contribution >= 0.6 is 0 Å². The van der Waals surface area contributed by atoms with Gasteiger partial charge in [0.1, 0.15) is 0 Å². The molecule has 0 amide bonds. The summed E-state index contributed by atoms with van der Waals surface area (Å²) < 4.78 is 21.9. The zero-order valence-electron chi connectivity index (χ0n) is 6.37. The number of rotatable bonds is 1. The molecule has 1 heterocycles. The van der Waals surface area contributed by atoms with Crippen molar-refractivity contribution in [2.75, 3.05) is 0 Å². The molecule has 0 atom stereocenters. The quantitative estimate of drug-likeness (QED) is 0.623. The number of aromatic amines is 1. The average molecular weight is 187 g/mol. The predicted octanol–water partition coefficient (Wildman–Crippen LogP) is -0.454. The molecule has 0 unspecified atom stereocenters. The van der Waals surface area contributed by atoms with Crippen LogP contribution in [0.4, 0.5) is 0 Å². The van der Waals surface area contributed by atoms with Gasteiger partial charge in [-0.3, -0.25) is 5.10 Å². The number of nitrogens with one attached hydrogen (secondary N) is 1. The molecule has 5 nitrogen and oxygen atoms in total. The summed E-state index contributed by atoms with van der Waals surface area (Å²) in [6.45, 7) is 0. The summed E-state index contributed by atoms with van der Waals surface area (Å²) in [5.41, 5.74) is 1.69. The summed E-state index contributed by atoms with van der Waals surface area (Å²) in [6, 6.07) is 0. The smallest absolute Gasteiger partial charge is 0.257 e. The number of aryl methyl sites for hydroxylation is 1. The van der Waals surface area contributed by atoms with Crippen molar-refractivity contribution in [3.05, 3.63) is 11.3 Å². The van der Waals surface area contributed by atoms with Gasteiger partial charge in [0.2, 0.25) is 0 Å². The molecule has 0 spiro atoms. The molecule has 0 bridgehead atoms. The Balaban J connectivity index is 2.61. The number of hydrogen-bond donors (Lipinski definition) is 2. The van der Waals surface area contributed by atoms with Crippen molar-refractivity contribution in [2.24, 2.45) is 5.14 Å². The number of hydrogen-bond acceptors (Lipinski definition) is 3. The molecule has 1 aliphatic rings. The lowest BCUT2D eigenvalue weighted by Gasteiger charge is -1.93. The van der Waals surface area contributed by atoms with Crippen LogP contribution in [0.3, 0.4) is 0 Å². The molecule has 66 valence electrons. The largest absolute Gasteiger partial charge is 0.281 e. The molecule has 6 heteroatoms. The van der Waals surface area contributed by atoms with Gasteiger partial charge in [-0.15, -0.1) is 0 Å². The van der Waals surface area contributed by atoms with Gasteiger partial charge in [-0.05, 0) is 19.3 Å². The van der Waals surface area contributed by atoms with E-state index < -0.39 is 10.0 Å². The fraction of sp³-hybridized carbons (Fsp3) is 0.500. The molecule has 0 saturated carbocycles. The van der Waals surface area contributed by atoms with Crippen molar-refractivity contribution >= 4 is 10.0 Å². The van der Waals surface area contributed by atoms with E-state index in [1.807, 2.05) is 0 Å². The molecule has 0 radical (unpaired) electrons. The lowest BCUT2D eigenvalue weighted by molar-refractivity contribution is 0.592. The maximum absolute atomic E-state index is 10.9. The molecule has 0 aromatic carbocycles. The third kappa shape index (κ3) is 1.03. The van der Waals surface area contributed by atoms with Crippen LogP contribution < -0.4 is 5.14 Å². The van der Waals surface area contributed by atoms with Gasteiger partial charge in [0.25, 0.3) is 10.0 Å². The minimum absolute atomic E-state index is 0.0231. The van der Waals surface area contributed by atoms with Gasteiger partial charge in [0.05, 0.1) is 0 Å². The zero-order chi connectivity index (χ0) is 8.77. The van der Waals surface area contributed by atoms with Gasteiger partial charge in [-0.2, -0.15) is 5.10 Å². The van der Waals surface area contributed by atoms with Crippen LogP contribution in [0.2, 0.25) is 0 Å². The van der Waals surface area contributed by atoms with E-state index in [9.17, 15) is 8.42 Å². The molecule has 1 aliphatic carbocycles. The first-order chi connectivity index (χ1) is 5.59. The molecule has 2 rings (SSSR count). The Morgan fingerprint density at radius 3 is 2.83 bits per heavy atom. The maximum atomic E-state index is 10.9. The summed E-state index contributed by atoms with van der Waals surface area (Å²) in [5.74, 6) is 0. The third-order valence-corrected chi connectivity index (χ3v) is 2.91. The Hall–Kier alpha value is -0.880. The maximum Gasteiger partial charge on any atom is 0.257 e. The highest BCUT2D eigenvalue weighted by Gasteiger charge is 2.24. The fourth-order valence-corrected chi connectivity index (χ4v) is 2.27. The number of fused-ring (bicyclic) bond motifs is 1. The number of aromatic nitrogens is 2. The summed E-state index contributed by atoms with van der Waals surface area (Å²) >= 11 is 0. The second kappa shape index (κ2) is 2.30. The van der Waals surface area contributed by atoms with Crippen molar-refractivity contribution in [1.82, 2.24) is 10.2 Å².